The van der Waals surface area contributed by atoms with E-state index in [9.17, 15) is 18.0 Å². The maximum Gasteiger partial charge on any atom is 0.417 e. The summed E-state index contributed by atoms with van der Waals surface area (Å²) < 4.78 is 43.3. The highest BCUT2D eigenvalue weighted by molar-refractivity contribution is 9.10. The van der Waals surface area contributed by atoms with Crippen molar-refractivity contribution in [3.05, 3.63) is 46.5 Å². The Morgan fingerprint density at radius 1 is 1.38 bits per heavy atom. The van der Waals surface area contributed by atoms with E-state index in [1.807, 2.05) is 0 Å². The van der Waals surface area contributed by atoms with E-state index in [0.29, 0.717) is 19.6 Å². The number of ether oxygens (including phenoxy) is 1. The zero-order valence-electron chi connectivity index (χ0n) is 11.2. The Hall–Kier alpha value is -1.34. The number of rotatable bonds is 7. The van der Waals surface area contributed by atoms with E-state index >= 15 is 0 Å². The lowest BCUT2D eigenvalue weighted by Crippen LogP contribution is -2.27. The fraction of sp³-hybridized carbons (Fsp3) is 0.357. The highest BCUT2D eigenvalue weighted by Crippen LogP contribution is 2.35. The van der Waals surface area contributed by atoms with Gasteiger partial charge < -0.3 is 10.1 Å². The molecule has 0 aliphatic carbocycles. The smallest absolute Gasteiger partial charge is 0.379 e. The van der Waals surface area contributed by atoms with Gasteiger partial charge in [-0.15, -0.1) is 6.58 Å². The Labute approximate surface area is 129 Å². The topological polar surface area (TPSA) is 38.3 Å². The third kappa shape index (κ3) is 5.89. The molecule has 0 aromatic heterocycles. The van der Waals surface area contributed by atoms with Crippen LogP contribution in [0.5, 0.6) is 0 Å². The minimum atomic E-state index is -4.51. The summed E-state index contributed by atoms with van der Waals surface area (Å²) in [5, 5.41) is 2.50. The van der Waals surface area contributed by atoms with Crippen molar-refractivity contribution in [3.63, 3.8) is 0 Å². The number of carbonyl (C=O) groups excluding carboxylic acids is 1. The Balaban J connectivity index is 2.57. The first kappa shape index (κ1) is 17.7. The molecule has 0 unspecified atom stereocenters. The Morgan fingerprint density at radius 2 is 2.10 bits per heavy atom. The SMILES string of the molecule is C=CCCOCCNC(=O)c1ccc(Br)c(C(F)(F)F)c1. The molecular weight excluding hydrogens is 351 g/mol. The number of amides is 1. The third-order valence-electron chi connectivity index (χ3n) is 2.53. The Kier molecular flexibility index (Phi) is 6.91. The maximum absolute atomic E-state index is 12.7. The summed E-state index contributed by atoms with van der Waals surface area (Å²) in [5.41, 5.74) is -0.922. The molecule has 0 heterocycles. The quantitative estimate of drug-likeness (QED) is 0.589. The van der Waals surface area contributed by atoms with E-state index in [0.717, 1.165) is 6.07 Å². The van der Waals surface area contributed by atoms with E-state index in [-0.39, 0.29) is 16.6 Å². The molecule has 0 bridgehead atoms. The number of alkyl halides is 3. The molecule has 1 aromatic rings. The van der Waals surface area contributed by atoms with Gasteiger partial charge in [-0.25, -0.2) is 0 Å². The lowest BCUT2D eigenvalue weighted by Gasteiger charge is -2.11. The van der Waals surface area contributed by atoms with E-state index in [1.165, 1.54) is 12.1 Å². The number of hydrogen-bond acceptors (Lipinski definition) is 2. The molecule has 21 heavy (non-hydrogen) atoms. The normalized spacial score (nSPS) is 11.2. The van der Waals surface area contributed by atoms with Crippen molar-refractivity contribution in [1.29, 1.82) is 0 Å². The highest BCUT2D eigenvalue weighted by Gasteiger charge is 2.33. The number of halogens is 4. The number of benzene rings is 1. The molecule has 0 spiro atoms. The summed E-state index contributed by atoms with van der Waals surface area (Å²) in [6, 6.07) is 3.35. The first-order valence-electron chi connectivity index (χ1n) is 6.20. The second-order valence-electron chi connectivity index (χ2n) is 4.14. The first-order valence-corrected chi connectivity index (χ1v) is 6.99. The fourth-order valence-corrected chi connectivity index (χ4v) is 1.96. The average Bonchev–Trinajstić information content (AvgIpc) is 2.41. The zero-order chi connectivity index (χ0) is 15.9. The average molecular weight is 366 g/mol. The number of nitrogens with one attached hydrogen (secondary N) is 1. The van der Waals surface area contributed by atoms with Crippen LogP contribution in [-0.4, -0.2) is 25.7 Å². The predicted molar refractivity (Wildman–Crippen MR) is 77.1 cm³/mol. The van der Waals surface area contributed by atoms with Gasteiger partial charge in [0, 0.05) is 16.6 Å². The van der Waals surface area contributed by atoms with Gasteiger partial charge in [0.15, 0.2) is 0 Å². The van der Waals surface area contributed by atoms with Gasteiger partial charge in [0.2, 0.25) is 0 Å². The molecule has 7 heteroatoms. The van der Waals surface area contributed by atoms with Gasteiger partial charge in [0.25, 0.3) is 5.91 Å². The van der Waals surface area contributed by atoms with Crippen LogP contribution in [0.25, 0.3) is 0 Å². The molecule has 0 radical (unpaired) electrons. The molecule has 3 nitrogen and oxygen atoms in total. The second-order valence-corrected chi connectivity index (χ2v) is 4.99. The van der Waals surface area contributed by atoms with Crippen LogP contribution < -0.4 is 5.32 Å². The lowest BCUT2D eigenvalue weighted by atomic mass is 10.1. The third-order valence-corrected chi connectivity index (χ3v) is 3.22. The molecule has 0 aliphatic heterocycles. The number of carbonyl (C=O) groups is 1. The summed E-state index contributed by atoms with van der Waals surface area (Å²) in [7, 11) is 0. The van der Waals surface area contributed by atoms with Crippen molar-refractivity contribution in [2.24, 2.45) is 0 Å². The Morgan fingerprint density at radius 3 is 2.71 bits per heavy atom. The van der Waals surface area contributed by atoms with Crippen LogP contribution in [0.1, 0.15) is 22.3 Å². The van der Waals surface area contributed by atoms with Gasteiger partial charge in [-0.2, -0.15) is 13.2 Å². The minimum absolute atomic E-state index is 0.0448. The van der Waals surface area contributed by atoms with Crippen molar-refractivity contribution in [2.45, 2.75) is 12.6 Å². The van der Waals surface area contributed by atoms with E-state index in [1.54, 1.807) is 6.08 Å². The molecule has 0 saturated carbocycles. The molecule has 1 rings (SSSR count). The monoisotopic (exact) mass is 365 g/mol. The van der Waals surface area contributed by atoms with Crippen LogP contribution in [0.15, 0.2) is 35.3 Å². The van der Waals surface area contributed by atoms with Gasteiger partial charge in [0.05, 0.1) is 18.8 Å². The lowest BCUT2D eigenvalue weighted by molar-refractivity contribution is -0.138. The largest absolute Gasteiger partial charge is 0.417 e. The predicted octanol–water partition coefficient (Wildman–Crippen LogP) is 3.79. The standard InChI is InChI=1S/C14H15BrF3NO2/c1-2-3-7-21-8-6-19-13(20)10-4-5-12(15)11(9-10)14(16,17)18/h2,4-5,9H,1,3,6-8H2,(H,19,20). The number of hydrogen-bond donors (Lipinski definition) is 1. The molecule has 0 atom stereocenters. The minimum Gasteiger partial charge on any atom is -0.379 e. The van der Waals surface area contributed by atoms with E-state index < -0.39 is 17.6 Å². The molecule has 0 aliphatic rings. The van der Waals surface area contributed by atoms with Crippen molar-refractivity contribution in [3.8, 4) is 0 Å². The van der Waals surface area contributed by atoms with Crippen LogP contribution in [-0.2, 0) is 10.9 Å². The second kappa shape index (κ2) is 8.19. The van der Waals surface area contributed by atoms with Crippen molar-refractivity contribution < 1.29 is 22.7 Å². The van der Waals surface area contributed by atoms with Crippen molar-refractivity contribution in [1.82, 2.24) is 5.32 Å². The van der Waals surface area contributed by atoms with Gasteiger partial charge >= 0.3 is 6.18 Å². The van der Waals surface area contributed by atoms with Crippen molar-refractivity contribution >= 4 is 21.8 Å². The van der Waals surface area contributed by atoms with Gasteiger partial charge in [-0.05, 0) is 24.6 Å². The van der Waals surface area contributed by atoms with Crippen LogP contribution >= 0.6 is 15.9 Å². The zero-order valence-corrected chi connectivity index (χ0v) is 12.8. The van der Waals surface area contributed by atoms with Crippen LogP contribution in [0, 0.1) is 0 Å². The highest BCUT2D eigenvalue weighted by atomic mass is 79.9. The molecule has 116 valence electrons. The molecule has 1 amide bonds. The molecule has 0 saturated heterocycles. The Bertz CT molecular complexity index is 503. The summed E-state index contributed by atoms with van der Waals surface area (Å²) in [5.74, 6) is -0.569. The van der Waals surface area contributed by atoms with Gasteiger partial charge in [-0.3, -0.25) is 4.79 Å². The fourth-order valence-electron chi connectivity index (χ4n) is 1.49. The molecule has 0 fully saturated rings. The van der Waals surface area contributed by atoms with E-state index in [2.05, 4.69) is 27.8 Å². The molecular formula is C14H15BrF3NO2. The summed E-state index contributed by atoms with van der Waals surface area (Å²) in [4.78, 5) is 11.8. The molecule has 1 aromatic carbocycles. The van der Waals surface area contributed by atoms with E-state index in [4.69, 9.17) is 4.74 Å². The maximum atomic E-state index is 12.7. The van der Waals surface area contributed by atoms with Crippen LogP contribution in [0.3, 0.4) is 0 Å². The van der Waals surface area contributed by atoms with Crippen LogP contribution in [0.4, 0.5) is 13.2 Å². The summed E-state index contributed by atoms with van der Waals surface area (Å²) >= 11 is 2.82. The van der Waals surface area contributed by atoms with Gasteiger partial charge in [0.1, 0.15) is 0 Å². The molecule has 1 N–H and O–H groups in total. The van der Waals surface area contributed by atoms with Gasteiger partial charge in [-0.1, -0.05) is 22.0 Å². The summed E-state index contributed by atoms with van der Waals surface area (Å²) in [6.07, 6.45) is -2.10. The van der Waals surface area contributed by atoms with Crippen LogP contribution in [0.2, 0.25) is 0 Å². The van der Waals surface area contributed by atoms with Crippen molar-refractivity contribution in [2.75, 3.05) is 19.8 Å². The summed E-state index contributed by atoms with van der Waals surface area (Å²) in [6.45, 7) is 4.56. The first-order chi connectivity index (χ1) is 9.86.